The molecule has 0 aromatic carbocycles. The molecule has 0 aromatic heterocycles. The summed E-state index contributed by atoms with van der Waals surface area (Å²) in [4.78, 5) is 8.18. The SMILES string of the molecule is CCCCCC(N)(N)N.CCCCCC(N)(N)N.CCCCCO[PH](=O)O. The van der Waals surface area contributed by atoms with E-state index in [0.717, 1.165) is 44.9 Å². The van der Waals surface area contributed by atoms with Crippen molar-refractivity contribution in [1.82, 2.24) is 0 Å². The molecule has 0 fully saturated rings. The molecule has 13 N–H and O–H groups in total. The highest BCUT2D eigenvalue weighted by atomic mass is 31.1. The molecule has 0 radical (unpaired) electrons. The first-order chi connectivity index (χ1) is 12.4. The van der Waals surface area contributed by atoms with E-state index in [2.05, 4.69) is 25.3 Å². The minimum Gasteiger partial charge on any atom is -0.326 e. The molecule has 0 saturated heterocycles. The molecule has 0 aliphatic heterocycles. The Labute approximate surface area is 166 Å². The lowest BCUT2D eigenvalue weighted by atomic mass is 10.1. The second kappa shape index (κ2) is 20.6. The Kier molecular flexibility index (Phi) is 24.2. The van der Waals surface area contributed by atoms with Crippen LogP contribution in [-0.2, 0) is 9.09 Å². The van der Waals surface area contributed by atoms with E-state index in [-0.39, 0.29) is 0 Å². The van der Waals surface area contributed by atoms with Crippen molar-refractivity contribution in [1.29, 1.82) is 0 Å². The van der Waals surface area contributed by atoms with Gasteiger partial charge >= 0.3 is 8.25 Å². The average Bonchev–Trinajstić information content (AvgIpc) is 2.51. The molecule has 0 aliphatic rings. The minimum absolute atomic E-state index is 0.419. The quantitative estimate of drug-likeness (QED) is 0.133. The highest BCUT2D eigenvalue weighted by molar-refractivity contribution is 7.32. The molecule has 9 nitrogen and oxygen atoms in total. The van der Waals surface area contributed by atoms with Gasteiger partial charge in [-0.05, 0) is 32.1 Å². The maximum Gasteiger partial charge on any atom is 0.316 e. The van der Waals surface area contributed by atoms with Crippen LogP contribution in [0.15, 0.2) is 0 Å². The Balaban J connectivity index is -0.000000320. The van der Waals surface area contributed by atoms with Gasteiger partial charge in [0, 0.05) is 0 Å². The van der Waals surface area contributed by atoms with Crippen LogP contribution < -0.4 is 34.4 Å². The monoisotopic (exact) mass is 414 g/mol. The van der Waals surface area contributed by atoms with Crippen molar-refractivity contribution in [3.63, 3.8) is 0 Å². The standard InChI is InChI=1S/2C6H17N3.C5H13O3P/c2*1-2-3-4-5-6(7,8)9;1-2-3-4-5-8-9(6)7/h2*2-5,7-9H2,1H3;9H,2-5H2,1H3,(H,6,7). The van der Waals surface area contributed by atoms with Crippen molar-refractivity contribution < 1.29 is 14.0 Å². The Bertz CT molecular complexity index is 303. The Hall–Kier alpha value is -0.0900. The van der Waals surface area contributed by atoms with Gasteiger partial charge in [-0.25, -0.2) is 0 Å². The van der Waals surface area contributed by atoms with Crippen LogP contribution in [0, 0.1) is 0 Å². The van der Waals surface area contributed by atoms with Gasteiger partial charge in [0.15, 0.2) is 0 Å². The molecule has 0 aliphatic carbocycles. The van der Waals surface area contributed by atoms with E-state index in [9.17, 15) is 4.57 Å². The number of rotatable bonds is 13. The summed E-state index contributed by atoms with van der Waals surface area (Å²) in [5.41, 5.74) is 32.0. The third-order valence-electron chi connectivity index (χ3n) is 3.40. The number of nitrogens with two attached hydrogens (primary N) is 6. The molecule has 1 unspecified atom stereocenters. The molecule has 0 aromatic rings. The Morgan fingerprint density at radius 2 is 1.04 bits per heavy atom. The lowest BCUT2D eigenvalue weighted by molar-refractivity contribution is 0.274. The van der Waals surface area contributed by atoms with Gasteiger partial charge in [0.25, 0.3) is 0 Å². The summed E-state index contributed by atoms with van der Waals surface area (Å²) in [6, 6.07) is 0. The van der Waals surface area contributed by atoms with Gasteiger partial charge in [0.2, 0.25) is 0 Å². The van der Waals surface area contributed by atoms with Crippen LogP contribution in [0.3, 0.4) is 0 Å². The fourth-order valence-electron chi connectivity index (χ4n) is 1.87. The van der Waals surface area contributed by atoms with Crippen LogP contribution in [0.2, 0.25) is 0 Å². The average molecular weight is 415 g/mol. The second-order valence-corrected chi connectivity index (χ2v) is 7.78. The third-order valence-corrected chi connectivity index (χ3v) is 3.85. The zero-order valence-electron chi connectivity index (χ0n) is 17.7. The first kappa shape index (κ1) is 31.6. The predicted octanol–water partition coefficient (Wildman–Crippen LogP) is 1.77. The van der Waals surface area contributed by atoms with Gasteiger partial charge in [0.1, 0.15) is 11.6 Å². The van der Waals surface area contributed by atoms with Crippen molar-refractivity contribution in [2.75, 3.05) is 6.61 Å². The van der Waals surface area contributed by atoms with Crippen LogP contribution in [0.25, 0.3) is 0 Å². The summed E-state index contributed by atoms with van der Waals surface area (Å²) in [5, 5.41) is 0. The van der Waals surface area contributed by atoms with Gasteiger partial charge in [-0.3, -0.25) is 4.57 Å². The van der Waals surface area contributed by atoms with Gasteiger partial charge in [-0.2, -0.15) is 0 Å². The third kappa shape index (κ3) is 46.2. The van der Waals surface area contributed by atoms with Crippen LogP contribution >= 0.6 is 8.25 Å². The number of unbranched alkanes of at least 4 members (excludes halogenated alkanes) is 6. The van der Waals surface area contributed by atoms with Crippen molar-refractivity contribution in [3.8, 4) is 0 Å². The molecule has 0 bridgehead atoms. The number of hydrogen-bond acceptors (Lipinski definition) is 8. The maximum absolute atomic E-state index is 9.93. The van der Waals surface area contributed by atoms with Crippen molar-refractivity contribution in [3.05, 3.63) is 0 Å². The largest absolute Gasteiger partial charge is 0.326 e. The highest BCUT2D eigenvalue weighted by Crippen LogP contribution is 2.14. The van der Waals surface area contributed by atoms with Crippen LogP contribution in [0.4, 0.5) is 0 Å². The summed E-state index contributed by atoms with van der Waals surface area (Å²) >= 11 is 0. The van der Waals surface area contributed by atoms with E-state index < -0.39 is 19.8 Å². The fraction of sp³-hybridized carbons (Fsp3) is 1.00. The highest BCUT2D eigenvalue weighted by Gasteiger charge is 2.09. The van der Waals surface area contributed by atoms with E-state index >= 15 is 0 Å². The molecule has 0 amide bonds. The molecule has 168 valence electrons. The number of hydrogen-bond donors (Lipinski definition) is 7. The molecule has 0 heterocycles. The van der Waals surface area contributed by atoms with Gasteiger partial charge in [-0.1, -0.05) is 59.3 Å². The summed E-state index contributed by atoms with van der Waals surface area (Å²) in [5.74, 6) is -1.90. The zero-order chi connectivity index (χ0) is 21.8. The van der Waals surface area contributed by atoms with Crippen LogP contribution in [0.5, 0.6) is 0 Å². The Morgan fingerprint density at radius 1 is 0.704 bits per heavy atom. The molecule has 27 heavy (non-hydrogen) atoms. The molecular formula is C17H47N6O3P. The van der Waals surface area contributed by atoms with Crippen LogP contribution in [-0.4, -0.2) is 23.1 Å². The first-order valence-corrected chi connectivity index (χ1v) is 11.2. The zero-order valence-corrected chi connectivity index (χ0v) is 18.7. The molecule has 0 spiro atoms. The van der Waals surface area contributed by atoms with Gasteiger partial charge in [-0.15, -0.1) is 0 Å². The predicted molar refractivity (Wildman–Crippen MR) is 116 cm³/mol. The van der Waals surface area contributed by atoms with Crippen molar-refractivity contribution in [2.24, 2.45) is 34.4 Å². The molecular weight excluding hydrogens is 367 g/mol. The smallest absolute Gasteiger partial charge is 0.316 e. The van der Waals surface area contributed by atoms with E-state index in [0.29, 0.717) is 19.4 Å². The normalized spacial score (nSPS) is 12.5. The maximum atomic E-state index is 9.93. The lowest BCUT2D eigenvalue weighted by Gasteiger charge is -2.17. The van der Waals surface area contributed by atoms with E-state index in [1.807, 2.05) is 0 Å². The summed E-state index contributed by atoms with van der Waals surface area (Å²) in [6.07, 6.45) is 11.2. The first-order valence-electron chi connectivity index (χ1n) is 9.98. The van der Waals surface area contributed by atoms with Crippen molar-refractivity contribution >= 4 is 8.25 Å². The molecule has 1 atom stereocenters. The molecule has 0 rings (SSSR count). The van der Waals surface area contributed by atoms with Crippen LogP contribution in [0.1, 0.15) is 91.4 Å². The van der Waals surface area contributed by atoms with Gasteiger partial charge in [0.05, 0.1) is 6.61 Å². The second-order valence-electron chi connectivity index (χ2n) is 6.96. The summed E-state index contributed by atoms with van der Waals surface area (Å²) in [7, 11) is -2.67. The van der Waals surface area contributed by atoms with E-state index in [1.54, 1.807) is 0 Å². The van der Waals surface area contributed by atoms with Gasteiger partial charge < -0.3 is 43.8 Å². The van der Waals surface area contributed by atoms with E-state index in [1.165, 1.54) is 12.8 Å². The Morgan fingerprint density at radius 3 is 1.30 bits per heavy atom. The minimum atomic E-state index is -2.67. The lowest BCUT2D eigenvalue weighted by Crippen LogP contribution is -2.57. The van der Waals surface area contributed by atoms with Crippen molar-refractivity contribution in [2.45, 2.75) is 103 Å². The topological polar surface area (TPSA) is 203 Å². The van der Waals surface area contributed by atoms with E-state index in [4.69, 9.17) is 39.3 Å². The molecule has 10 heteroatoms. The fourth-order valence-corrected chi connectivity index (χ4v) is 2.19. The summed E-state index contributed by atoms with van der Waals surface area (Å²) in [6.45, 7) is 6.75. The molecule has 0 saturated carbocycles. The summed E-state index contributed by atoms with van der Waals surface area (Å²) < 4.78 is 14.4.